The van der Waals surface area contributed by atoms with Crippen LogP contribution < -0.4 is 0 Å². The summed E-state index contributed by atoms with van der Waals surface area (Å²) < 4.78 is 1.25. The minimum Gasteiger partial charge on any atom is -0.396 e. The predicted molar refractivity (Wildman–Crippen MR) is 49.3 cm³/mol. The third-order valence-corrected chi connectivity index (χ3v) is 3.34. The number of thiazole rings is 1. The number of aromatic nitrogens is 1. The van der Waals surface area contributed by atoms with Crippen LogP contribution in [0.4, 0.5) is 0 Å². The largest absolute Gasteiger partial charge is 0.396 e. The molecule has 0 saturated heterocycles. The molecule has 0 saturated carbocycles. The highest BCUT2D eigenvalue weighted by molar-refractivity contribution is 8.01. The first-order valence-electron chi connectivity index (χ1n) is 3.49. The number of aliphatic hydroxyl groups excluding tert-OH is 1. The molecule has 0 spiro atoms. The molecule has 0 atom stereocenters. The Bertz CT molecular complexity index is 212. The summed E-state index contributed by atoms with van der Waals surface area (Å²) in [5, 5.41) is 9.63. The minimum absolute atomic E-state index is 0.283. The van der Waals surface area contributed by atoms with Crippen LogP contribution in [0.25, 0.3) is 0 Å². The molecule has 2 nitrogen and oxygen atoms in total. The van der Waals surface area contributed by atoms with Gasteiger partial charge in [-0.25, -0.2) is 4.98 Å². The standard InChI is InChI=1S/C7H11NOS2/c1-6-8-5-7(11-6)10-4-2-3-9/h5,9H,2-4H2,1H3. The maximum absolute atomic E-state index is 8.52. The maximum Gasteiger partial charge on any atom is 0.0905 e. The number of aliphatic hydroxyl groups is 1. The Kier molecular flexibility index (Phi) is 3.90. The van der Waals surface area contributed by atoms with E-state index in [0.29, 0.717) is 0 Å². The number of aryl methyl sites for hydroxylation is 1. The molecule has 0 radical (unpaired) electrons. The monoisotopic (exact) mass is 189 g/mol. The highest BCUT2D eigenvalue weighted by Gasteiger charge is 1.97. The van der Waals surface area contributed by atoms with Crippen LogP contribution in [-0.2, 0) is 0 Å². The lowest BCUT2D eigenvalue weighted by atomic mass is 10.5. The van der Waals surface area contributed by atoms with E-state index >= 15 is 0 Å². The third-order valence-electron chi connectivity index (χ3n) is 1.15. The summed E-state index contributed by atoms with van der Waals surface area (Å²) in [5.41, 5.74) is 0. The lowest BCUT2D eigenvalue weighted by Crippen LogP contribution is -1.83. The van der Waals surface area contributed by atoms with Gasteiger partial charge >= 0.3 is 0 Å². The predicted octanol–water partition coefficient (Wildman–Crippen LogP) is 1.93. The van der Waals surface area contributed by atoms with Gasteiger partial charge in [0.25, 0.3) is 0 Å². The molecule has 4 heteroatoms. The molecule has 1 aromatic rings. The Balaban J connectivity index is 2.27. The fraction of sp³-hybridized carbons (Fsp3) is 0.571. The average Bonchev–Trinajstić information content (AvgIpc) is 2.37. The quantitative estimate of drug-likeness (QED) is 0.580. The molecule has 0 aliphatic carbocycles. The van der Waals surface area contributed by atoms with Gasteiger partial charge in [0.05, 0.1) is 15.4 Å². The molecule has 62 valence electrons. The highest BCUT2D eigenvalue weighted by atomic mass is 32.2. The molecule has 1 heterocycles. The van der Waals surface area contributed by atoms with Crippen molar-refractivity contribution in [2.45, 2.75) is 17.6 Å². The van der Waals surface area contributed by atoms with Crippen molar-refractivity contribution in [3.05, 3.63) is 11.2 Å². The van der Waals surface area contributed by atoms with Gasteiger partial charge in [0.2, 0.25) is 0 Å². The van der Waals surface area contributed by atoms with Crippen LogP contribution in [-0.4, -0.2) is 22.5 Å². The third kappa shape index (κ3) is 3.22. The van der Waals surface area contributed by atoms with Crippen LogP contribution in [0.15, 0.2) is 10.4 Å². The number of hydrogen-bond acceptors (Lipinski definition) is 4. The van der Waals surface area contributed by atoms with E-state index in [2.05, 4.69) is 4.98 Å². The van der Waals surface area contributed by atoms with Crippen molar-refractivity contribution in [3.8, 4) is 0 Å². The van der Waals surface area contributed by atoms with E-state index in [0.717, 1.165) is 17.2 Å². The fourth-order valence-corrected chi connectivity index (χ4v) is 2.60. The van der Waals surface area contributed by atoms with E-state index in [-0.39, 0.29) is 6.61 Å². The minimum atomic E-state index is 0.283. The molecule has 1 aromatic heterocycles. The fourth-order valence-electron chi connectivity index (χ4n) is 0.646. The van der Waals surface area contributed by atoms with Crippen molar-refractivity contribution in [1.29, 1.82) is 0 Å². The van der Waals surface area contributed by atoms with Crippen LogP contribution in [0.5, 0.6) is 0 Å². The van der Waals surface area contributed by atoms with Crippen LogP contribution >= 0.6 is 23.1 Å². The summed E-state index contributed by atoms with van der Waals surface area (Å²) in [7, 11) is 0. The lowest BCUT2D eigenvalue weighted by molar-refractivity contribution is 0.296. The molecular formula is C7H11NOS2. The molecule has 0 aromatic carbocycles. The summed E-state index contributed by atoms with van der Waals surface area (Å²) in [6.45, 7) is 2.28. The second-order valence-electron chi connectivity index (χ2n) is 2.12. The van der Waals surface area contributed by atoms with E-state index in [1.165, 1.54) is 4.21 Å². The second kappa shape index (κ2) is 4.74. The van der Waals surface area contributed by atoms with Gasteiger partial charge in [-0.3, -0.25) is 0 Å². The van der Waals surface area contributed by atoms with Crippen molar-refractivity contribution in [2.24, 2.45) is 0 Å². The first kappa shape index (κ1) is 9.03. The first-order valence-corrected chi connectivity index (χ1v) is 5.29. The Morgan fingerprint density at radius 1 is 1.73 bits per heavy atom. The molecule has 1 N–H and O–H groups in total. The van der Waals surface area contributed by atoms with Gasteiger partial charge in [-0.2, -0.15) is 0 Å². The molecule has 0 bridgehead atoms. The zero-order valence-electron chi connectivity index (χ0n) is 6.41. The van der Waals surface area contributed by atoms with Crippen molar-refractivity contribution >= 4 is 23.1 Å². The number of hydrogen-bond donors (Lipinski definition) is 1. The molecular weight excluding hydrogens is 178 g/mol. The van der Waals surface area contributed by atoms with Crippen molar-refractivity contribution in [1.82, 2.24) is 4.98 Å². The maximum atomic E-state index is 8.52. The molecule has 0 amide bonds. The van der Waals surface area contributed by atoms with Gasteiger partial charge in [0, 0.05) is 12.4 Å². The van der Waals surface area contributed by atoms with E-state index in [9.17, 15) is 0 Å². The second-order valence-corrected chi connectivity index (χ2v) is 4.75. The van der Waals surface area contributed by atoms with Gasteiger partial charge in [0.15, 0.2) is 0 Å². The molecule has 0 aliphatic rings. The van der Waals surface area contributed by atoms with Crippen LogP contribution in [0.2, 0.25) is 0 Å². The molecule has 0 unspecified atom stereocenters. The molecule has 0 aliphatic heterocycles. The van der Waals surface area contributed by atoms with Gasteiger partial charge in [-0.15, -0.1) is 23.1 Å². The van der Waals surface area contributed by atoms with E-state index in [1.54, 1.807) is 23.1 Å². The van der Waals surface area contributed by atoms with Crippen LogP contribution in [0, 0.1) is 6.92 Å². The first-order chi connectivity index (χ1) is 5.33. The summed E-state index contributed by atoms with van der Waals surface area (Å²) in [6.07, 6.45) is 2.75. The summed E-state index contributed by atoms with van der Waals surface area (Å²) in [5.74, 6) is 0.984. The van der Waals surface area contributed by atoms with Crippen molar-refractivity contribution in [2.75, 3.05) is 12.4 Å². The van der Waals surface area contributed by atoms with Crippen LogP contribution in [0.1, 0.15) is 11.4 Å². The van der Waals surface area contributed by atoms with Gasteiger partial charge in [-0.1, -0.05) is 0 Å². The Hall–Kier alpha value is -0.0600. The van der Waals surface area contributed by atoms with E-state index < -0.39 is 0 Å². The Morgan fingerprint density at radius 2 is 2.55 bits per heavy atom. The van der Waals surface area contributed by atoms with Gasteiger partial charge in [0.1, 0.15) is 0 Å². The summed E-state index contributed by atoms with van der Waals surface area (Å²) in [4.78, 5) is 4.13. The lowest BCUT2D eigenvalue weighted by Gasteiger charge is -1.92. The summed E-state index contributed by atoms with van der Waals surface area (Å²) >= 11 is 3.47. The Morgan fingerprint density at radius 3 is 3.09 bits per heavy atom. The van der Waals surface area contributed by atoms with Crippen molar-refractivity contribution < 1.29 is 5.11 Å². The molecule has 1 rings (SSSR count). The topological polar surface area (TPSA) is 33.1 Å². The van der Waals surface area contributed by atoms with E-state index in [1.807, 2.05) is 13.1 Å². The van der Waals surface area contributed by atoms with Crippen molar-refractivity contribution in [3.63, 3.8) is 0 Å². The molecule has 0 fully saturated rings. The zero-order valence-corrected chi connectivity index (χ0v) is 8.04. The van der Waals surface area contributed by atoms with Gasteiger partial charge < -0.3 is 5.11 Å². The molecule has 11 heavy (non-hydrogen) atoms. The van der Waals surface area contributed by atoms with E-state index in [4.69, 9.17) is 5.11 Å². The zero-order chi connectivity index (χ0) is 8.10. The van der Waals surface area contributed by atoms with Crippen LogP contribution in [0.3, 0.4) is 0 Å². The smallest absolute Gasteiger partial charge is 0.0905 e. The number of rotatable bonds is 4. The van der Waals surface area contributed by atoms with Gasteiger partial charge in [-0.05, 0) is 13.3 Å². The SMILES string of the molecule is Cc1ncc(SCCCO)s1. The normalized spacial score (nSPS) is 10.4. The highest BCUT2D eigenvalue weighted by Crippen LogP contribution is 2.24. The summed E-state index contributed by atoms with van der Waals surface area (Å²) in [6, 6.07) is 0. The number of thioether (sulfide) groups is 1. The number of nitrogens with zero attached hydrogens (tertiary/aromatic N) is 1. The Labute approximate surface area is 74.7 Å². The average molecular weight is 189 g/mol.